The van der Waals surface area contributed by atoms with Crippen molar-refractivity contribution < 1.29 is 31.4 Å². The lowest BCUT2D eigenvalue weighted by Gasteiger charge is -2.15. The zero-order valence-corrected chi connectivity index (χ0v) is 10.3. The highest BCUT2D eigenvalue weighted by Crippen LogP contribution is 2.41. The number of ether oxygens (including phenoxy) is 2. The first-order valence-electron chi connectivity index (χ1n) is 4.02. The Morgan fingerprint density at radius 1 is 1.29 bits per heavy atom. The molecule has 0 unspecified atom stereocenters. The smallest absolute Gasteiger partial charge is 0.492 e. The van der Waals surface area contributed by atoms with Gasteiger partial charge in [-0.05, 0) is 22.6 Å². The second-order valence-corrected chi connectivity index (χ2v) is 3.74. The molecule has 96 valence electrons. The van der Waals surface area contributed by atoms with Gasteiger partial charge in [0.25, 0.3) is 6.43 Å². The van der Waals surface area contributed by atoms with Gasteiger partial charge in [0.2, 0.25) is 5.75 Å². The van der Waals surface area contributed by atoms with Crippen molar-refractivity contribution in [1.29, 1.82) is 0 Å². The van der Waals surface area contributed by atoms with E-state index in [0.29, 0.717) is 0 Å². The molecule has 0 radical (unpaired) electrons. The third-order valence-electron chi connectivity index (χ3n) is 1.63. The Morgan fingerprint density at radius 2 is 1.88 bits per heavy atom. The molecule has 0 aliphatic heterocycles. The molecular weight excluding hydrogens is 364 g/mol. The maximum atomic E-state index is 12.5. The predicted molar refractivity (Wildman–Crippen MR) is 55.1 cm³/mol. The van der Waals surface area contributed by atoms with Crippen LogP contribution in [0.25, 0.3) is 0 Å². The van der Waals surface area contributed by atoms with Gasteiger partial charge in [-0.2, -0.15) is 0 Å². The highest BCUT2D eigenvalue weighted by molar-refractivity contribution is 14.1. The molecule has 0 fully saturated rings. The molecule has 1 rings (SSSR count). The molecule has 0 amide bonds. The van der Waals surface area contributed by atoms with Gasteiger partial charge in [0.1, 0.15) is 3.70 Å². The van der Waals surface area contributed by atoms with E-state index in [9.17, 15) is 22.0 Å². The number of alkyl halides is 5. The third-order valence-corrected chi connectivity index (χ3v) is 2.40. The highest BCUT2D eigenvalue weighted by atomic mass is 127. The Labute approximate surface area is 106 Å². The molecule has 0 aromatic carbocycles. The summed E-state index contributed by atoms with van der Waals surface area (Å²) >= 11 is 1.43. The summed E-state index contributed by atoms with van der Waals surface area (Å²) in [5.74, 6) is -1.53. The fraction of sp³-hybridized carbons (Fsp3) is 0.375. The van der Waals surface area contributed by atoms with Gasteiger partial charge in [0.05, 0.1) is 12.7 Å². The van der Waals surface area contributed by atoms with E-state index in [1.54, 1.807) is 0 Å². The third kappa shape index (κ3) is 3.54. The van der Waals surface area contributed by atoms with Crippen LogP contribution in [0.4, 0.5) is 22.0 Å². The van der Waals surface area contributed by atoms with Crippen molar-refractivity contribution in [3.63, 3.8) is 0 Å². The number of hydrogen-bond acceptors (Lipinski definition) is 3. The molecule has 0 saturated carbocycles. The van der Waals surface area contributed by atoms with Crippen molar-refractivity contribution in [2.75, 3.05) is 7.11 Å². The van der Waals surface area contributed by atoms with Crippen LogP contribution < -0.4 is 9.47 Å². The maximum absolute atomic E-state index is 12.5. The molecule has 1 aromatic rings. The average molecular weight is 369 g/mol. The first kappa shape index (κ1) is 14.2. The summed E-state index contributed by atoms with van der Waals surface area (Å²) < 4.78 is 69.1. The monoisotopic (exact) mass is 369 g/mol. The van der Waals surface area contributed by atoms with Crippen LogP contribution >= 0.6 is 22.6 Å². The second-order valence-electron chi connectivity index (χ2n) is 2.72. The SMILES string of the molecule is COc1c(C(F)F)cnc(I)c1OC(F)(F)F. The van der Waals surface area contributed by atoms with E-state index in [-0.39, 0.29) is 3.70 Å². The Hall–Kier alpha value is -0.870. The normalized spacial score (nSPS) is 11.8. The van der Waals surface area contributed by atoms with E-state index in [2.05, 4.69) is 14.5 Å². The summed E-state index contributed by atoms with van der Waals surface area (Å²) in [5.41, 5.74) is -0.757. The van der Waals surface area contributed by atoms with Gasteiger partial charge < -0.3 is 9.47 Å². The standard InChI is InChI=1S/C8H5F5INO2/c1-16-4-3(6(9)10)2-15-7(14)5(4)17-8(11,12)13/h2,6H,1H3. The van der Waals surface area contributed by atoms with Gasteiger partial charge in [-0.25, -0.2) is 13.8 Å². The van der Waals surface area contributed by atoms with Gasteiger partial charge >= 0.3 is 6.36 Å². The van der Waals surface area contributed by atoms with Crippen molar-refractivity contribution in [2.45, 2.75) is 12.8 Å². The molecule has 3 nitrogen and oxygen atoms in total. The summed E-state index contributed by atoms with van der Waals surface area (Å²) in [6, 6.07) is 0. The van der Waals surface area contributed by atoms with Crippen LogP contribution in [0.15, 0.2) is 6.20 Å². The largest absolute Gasteiger partial charge is 0.573 e. The number of pyridine rings is 1. The Kier molecular flexibility index (Phi) is 4.33. The molecule has 17 heavy (non-hydrogen) atoms. The number of halogens is 6. The fourth-order valence-corrected chi connectivity index (χ4v) is 1.53. The van der Waals surface area contributed by atoms with Crippen molar-refractivity contribution in [3.05, 3.63) is 15.5 Å². The van der Waals surface area contributed by atoms with Crippen LogP contribution in [0, 0.1) is 3.70 Å². The summed E-state index contributed by atoms with van der Waals surface area (Å²) in [5, 5.41) is 0. The molecule has 0 spiro atoms. The number of nitrogens with zero attached hydrogens (tertiary/aromatic N) is 1. The molecule has 9 heteroatoms. The highest BCUT2D eigenvalue weighted by Gasteiger charge is 2.35. The topological polar surface area (TPSA) is 31.4 Å². The number of methoxy groups -OCH3 is 1. The molecule has 1 aromatic heterocycles. The molecule has 0 atom stereocenters. The summed E-state index contributed by atoms with van der Waals surface area (Å²) in [4.78, 5) is 3.39. The van der Waals surface area contributed by atoms with Gasteiger partial charge in [0, 0.05) is 6.20 Å². The minimum atomic E-state index is -5.00. The average Bonchev–Trinajstić information content (AvgIpc) is 2.18. The quantitative estimate of drug-likeness (QED) is 0.464. The molecular formula is C8H5F5INO2. The molecule has 0 bridgehead atoms. The fourth-order valence-electron chi connectivity index (χ4n) is 1.04. The Balaban J connectivity index is 3.30. The van der Waals surface area contributed by atoms with Crippen molar-refractivity contribution in [3.8, 4) is 11.5 Å². The van der Waals surface area contributed by atoms with E-state index < -0.39 is 29.9 Å². The first-order chi connectivity index (χ1) is 7.76. The van der Waals surface area contributed by atoms with Crippen LogP contribution in [-0.4, -0.2) is 18.5 Å². The van der Waals surface area contributed by atoms with Crippen LogP contribution in [-0.2, 0) is 0 Å². The van der Waals surface area contributed by atoms with Crippen LogP contribution in [0.1, 0.15) is 12.0 Å². The van der Waals surface area contributed by atoms with E-state index in [1.807, 2.05) is 0 Å². The molecule has 0 N–H and O–H groups in total. The van der Waals surface area contributed by atoms with Crippen molar-refractivity contribution >= 4 is 22.6 Å². The van der Waals surface area contributed by atoms with E-state index >= 15 is 0 Å². The minimum absolute atomic E-state index is 0.221. The Bertz CT molecular complexity index is 410. The lowest BCUT2D eigenvalue weighted by molar-refractivity contribution is -0.275. The second kappa shape index (κ2) is 5.19. The number of rotatable bonds is 3. The lowest BCUT2D eigenvalue weighted by Crippen LogP contribution is -2.19. The van der Waals surface area contributed by atoms with Gasteiger partial charge in [0.15, 0.2) is 5.75 Å². The van der Waals surface area contributed by atoms with E-state index in [1.165, 1.54) is 22.6 Å². The lowest BCUT2D eigenvalue weighted by atomic mass is 10.2. The van der Waals surface area contributed by atoms with E-state index in [0.717, 1.165) is 13.3 Å². The van der Waals surface area contributed by atoms with Crippen LogP contribution in [0.5, 0.6) is 11.5 Å². The first-order valence-corrected chi connectivity index (χ1v) is 5.10. The molecule has 1 heterocycles. The van der Waals surface area contributed by atoms with Crippen molar-refractivity contribution in [1.82, 2.24) is 4.98 Å². The molecule has 0 aliphatic rings. The van der Waals surface area contributed by atoms with Crippen molar-refractivity contribution in [2.24, 2.45) is 0 Å². The van der Waals surface area contributed by atoms with Gasteiger partial charge in [-0.3, -0.25) is 0 Å². The van der Waals surface area contributed by atoms with E-state index in [4.69, 9.17) is 0 Å². The summed E-state index contributed by atoms with van der Waals surface area (Å²) in [6.45, 7) is 0. The van der Waals surface area contributed by atoms with Gasteiger partial charge in [-0.1, -0.05) is 0 Å². The zero-order valence-electron chi connectivity index (χ0n) is 8.19. The van der Waals surface area contributed by atoms with Gasteiger partial charge in [-0.15, -0.1) is 13.2 Å². The van der Waals surface area contributed by atoms with Crippen LogP contribution in [0.3, 0.4) is 0 Å². The predicted octanol–water partition coefficient (Wildman–Crippen LogP) is 3.53. The summed E-state index contributed by atoms with van der Waals surface area (Å²) in [7, 11) is 0.973. The Morgan fingerprint density at radius 3 is 2.29 bits per heavy atom. The minimum Gasteiger partial charge on any atom is -0.492 e. The number of hydrogen-bond donors (Lipinski definition) is 0. The molecule has 0 aliphatic carbocycles. The van der Waals surface area contributed by atoms with Crippen LogP contribution in [0.2, 0.25) is 0 Å². The number of aromatic nitrogens is 1. The summed E-state index contributed by atoms with van der Waals surface area (Å²) in [6.07, 6.45) is -7.27. The zero-order chi connectivity index (χ0) is 13.2. The molecule has 0 saturated heterocycles. The maximum Gasteiger partial charge on any atom is 0.573 e.